The number of nitrogens with one attached hydrogen (secondary N) is 1. The van der Waals surface area contributed by atoms with Crippen molar-refractivity contribution in [3.05, 3.63) is 95.6 Å². The van der Waals surface area contributed by atoms with Crippen molar-refractivity contribution in [3.63, 3.8) is 0 Å². The van der Waals surface area contributed by atoms with Crippen LogP contribution in [-0.2, 0) is 39.0 Å². The Labute approximate surface area is 256 Å². The summed E-state index contributed by atoms with van der Waals surface area (Å²) in [5, 5.41) is 3.05. The molecule has 0 bridgehead atoms. The maximum atomic E-state index is 13.9. The van der Waals surface area contributed by atoms with E-state index in [1.165, 1.54) is 4.31 Å². The molecule has 9 heteroatoms. The molecule has 1 N–H and O–H groups in total. The zero-order chi connectivity index (χ0) is 30.8. The fraction of sp³-hybridized carbons (Fsp3) is 0.412. The van der Waals surface area contributed by atoms with E-state index in [2.05, 4.69) is 5.32 Å². The molecular weight excluding hydrogens is 562 g/mol. The van der Waals surface area contributed by atoms with Gasteiger partial charge in [0.15, 0.2) is 0 Å². The van der Waals surface area contributed by atoms with Crippen LogP contribution in [0.1, 0.15) is 49.8 Å². The largest absolute Gasteiger partial charge is 0.497 e. The number of sulfonamides is 1. The molecule has 0 spiro atoms. The zero-order valence-electron chi connectivity index (χ0n) is 25.4. The fourth-order valence-corrected chi connectivity index (χ4v) is 6.72. The number of amides is 2. The van der Waals surface area contributed by atoms with Crippen molar-refractivity contribution in [2.45, 2.75) is 63.4 Å². The predicted octanol–water partition coefficient (Wildman–Crippen LogP) is 4.82. The van der Waals surface area contributed by atoms with E-state index in [9.17, 15) is 18.0 Å². The SMILES string of the molecule is COc1ccc(CN(C(=O)CCc2ccc(S(=O)(=O)N3CCCC3)cc2)C(Cc2ccccc2)C(=O)NCC(C)C)cc1. The van der Waals surface area contributed by atoms with Gasteiger partial charge in [0.2, 0.25) is 21.8 Å². The Kier molecular flexibility index (Phi) is 11.4. The van der Waals surface area contributed by atoms with Crippen LogP contribution in [0, 0.1) is 5.92 Å². The van der Waals surface area contributed by atoms with Crippen LogP contribution in [0.2, 0.25) is 0 Å². The Hall–Kier alpha value is -3.69. The number of ether oxygens (including phenoxy) is 1. The van der Waals surface area contributed by atoms with Gasteiger partial charge in [0, 0.05) is 39.0 Å². The molecule has 3 aromatic carbocycles. The first-order chi connectivity index (χ1) is 20.7. The van der Waals surface area contributed by atoms with Crippen LogP contribution in [0.25, 0.3) is 0 Å². The highest BCUT2D eigenvalue weighted by atomic mass is 32.2. The van der Waals surface area contributed by atoms with Gasteiger partial charge >= 0.3 is 0 Å². The fourth-order valence-electron chi connectivity index (χ4n) is 5.20. The van der Waals surface area contributed by atoms with E-state index >= 15 is 0 Å². The first-order valence-electron chi connectivity index (χ1n) is 15.0. The summed E-state index contributed by atoms with van der Waals surface area (Å²) in [6.07, 6.45) is 2.75. The zero-order valence-corrected chi connectivity index (χ0v) is 26.2. The Morgan fingerprint density at radius 3 is 2.12 bits per heavy atom. The number of hydrogen-bond donors (Lipinski definition) is 1. The summed E-state index contributed by atoms with van der Waals surface area (Å²) in [6, 6.07) is 23.3. The molecule has 0 aromatic heterocycles. The van der Waals surface area contributed by atoms with Crippen LogP contribution < -0.4 is 10.1 Å². The van der Waals surface area contributed by atoms with Gasteiger partial charge in [-0.15, -0.1) is 0 Å². The predicted molar refractivity (Wildman–Crippen MR) is 168 cm³/mol. The number of carbonyl (C=O) groups is 2. The molecule has 3 aromatic rings. The van der Waals surface area contributed by atoms with Crippen LogP contribution in [-0.4, -0.2) is 62.2 Å². The van der Waals surface area contributed by atoms with Gasteiger partial charge in [-0.2, -0.15) is 4.31 Å². The Morgan fingerprint density at radius 1 is 0.884 bits per heavy atom. The topological polar surface area (TPSA) is 96.0 Å². The second-order valence-electron chi connectivity index (χ2n) is 11.5. The number of benzene rings is 3. The number of carbonyl (C=O) groups excluding carboxylic acids is 2. The maximum Gasteiger partial charge on any atom is 0.243 e. The smallest absolute Gasteiger partial charge is 0.243 e. The first kappa shape index (κ1) is 32.2. The number of nitrogens with zero attached hydrogens (tertiary/aromatic N) is 2. The number of hydrogen-bond acceptors (Lipinski definition) is 5. The van der Waals surface area contributed by atoms with E-state index in [-0.39, 0.29) is 35.6 Å². The van der Waals surface area contributed by atoms with Gasteiger partial charge in [-0.1, -0.05) is 68.4 Å². The lowest BCUT2D eigenvalue weighted by atomic mass is 10.0. The van der Waals surface area contributed by atoms with Crippen LogP contribution in [0.4, 0.5) is 0 Å². The highest BCUT2D eigenvalue weighted by molar-refractivity contribution is 7.89. The molecule has 1 heterocycles. The Morgan fingerprint density at radius 2 is 1.51 bits per heavy atom. The number of aryl methyl sites for hydroxylation is 1. The number of rotatable bonds is 14. The molecule has 4 rings (SSSR count). The molecule has 1 aliphatic rings. The van der Waals surface area contributed by atoms with E-state index in [0.717, 1.165) is 29.5 Å². The average molecular weight is 606 g/mol. The van der Waals surface area contributed by atoms with Crippen LogP contribution in [0.5, 0.6) is 5.75 Å². The molecule has 0 radical (unpaired) electrons. The molecule has 1 atom stereocenters. The van der Waals surface area contributed by atoms with Crippen LogP contribution in [0.3, 0.4) is 0 Å². The molecule has 0 aliphatic carbocycles. The summed E-state index contributed by atoms with van der Waals surface area (Å²) in [7, 11) is -1.89. The van der Waals surface area contributed by atoms with E-state index < -0.39 is 16.1 Å². The molecule has 8 nitrogen and oxygen atoms in total. The standard InChI is InChI=1S/C34H43N3O5S/c1-26(2)24-35-34(39)32(23-28-9-5-4-6-10-28)37(25-29-11-16-30(42-3)17-12-29)33(38)20-15-27-13-18-31(19-14-27)43(40,41)36-21-7-8-22-36/h4-6,9-14,16-19,26,32H,7-8,15,20-25H2,1-3H3,(H,35,39). The van der Waals surface area contributed by atoms with Crippen molar-refractivity contribution in [2.75, 3.05) is 26.7 Å². The van der Waals surface area contributed by atoms with Gasteiger partial charge < -0.3 is 15.0 Å². The molecule has 43 heavy (non-hydrogen) atoms. The van der Waals surface area contributed by atoms with E-state index in [4.69, 9.17) is 4.74 Å². The minimum absolute atomic E-state index is 0.148. The summed E-state index contributed by atoms with van der Waals surface area (Å²) in [6.45, 7) is 5.96. The summed E-state index contributed by atoms with van der Waals surface area (Å²) in [5.41, 5.74) is 2.72. The van der Waals surface area contributed by atoms with Gasteiger partial charge in [-0.3, -0.25) is 9.59 Å². The minimum atomic E-state index is -3.50. The van der Waals surface area contributed by atoms with Crippen molar-refractivity contribution in [3.8, 4) is 5.75 Å². The molecule has 2 amide bonds. The van der Waals surface area contributed by atoms with Crippen LogP contribution >= 0.6 is 0 Å². The molecular formula is C34H43N3O5S. The van der Waals surface area contributed by atoms with Crippen molar-refractivity contribution in [1.82, 2.24) is 14.5 Å². The average Bonchev–Trinajstić information content (AvgIpc) is 3.58. The second-order valence-corrected chi connectivity index (χ2v) is 13.4. The van der Waals surface area contributed by atoms with E-state index in [1.807, 2.05) is 68.4 Å². The number of methoxy groups -OCH3 is 1. The first-order valence-corrected chi connectivity index (χ1v) is 16.4. The summed E-state index contributed by atoms with van der Waals surface area (Å²) in [5.74, 6) is 0.651. The highest BCUT2D eigenvalue weighted by Gasteiger charge is 2.31. The van der Waals surface area contributed by atoms with E-state index in [1.54, 1.807) is 36.3 Å². The quantitative estimate of drug-likeness (QED) is 0.284. The molecule has 230 valence electrons. The second kappa shape index (κ2) is 15.2. The third-order valence-corrected chi connectivity index (χ3v) is 9.63. The third-order valence-electron chi connectivity index (χ3n) is 7.72. The minimum Gasteiger partial charge on any atom is -0.497 e. The lowest BCUT2D eigenvalue weighted by Crippen LogP contribution is -2.51. The summed E-state index contributed by atoms with van der Waals surface area (Å²) >= 11 is 0. The van der Waals surface area contributed by atoms with Gasteiger partial charge in [-0.25, -0.2) is 8.42 Å². The van der Waals surface area contributed by atoms with Crippen molar-refractivity contribution in [1.29, 1.82) is 0 Å². The van der Waals surface area contributed by atoms with Crippen molar-refractivity contribution >= 4 is 21.8 Å². The Bertz CT molecular complexity index is 1440. The molecule has 1 unspecified atom stereocenters. The molecule has 1 aliphatic heterocycles. The van der Waals surface area contributed by atoms with Gasteiger partial charge in [-0.05, 0) is 66.1 Å². The lowest BCUT2D eigenvalue weighted by Gasteiger charge is -2.32. The third kappa shape index (κ3) is 8.91. The summed E-state index contributed by atoms with van der Waals surface area (Å²) < 4.78 is 32.7. The lowest BCUT2D eigenvalue weighted by molar-refractivity contribution is -0.141. The van der Waals surface area contributed by atoms with Crippen molar-refractivity contribution in [2.24, 2.45) is 5.92 Å². The summed E-state index contributed by atoms with van der Waals surface area (Å²) in [4.78, 5) is 29.5. The monoisotopic (exact) mass is 605 g/mol. The van der Waals surface area contributed by atoms with Crippen LogP contribution in [0.15, 0.2) is 83.8 Å². The molecule has 1 fully saturated rings. The van der Waals surface area contributed by atoms with Crippen molar-refractivity contribution < 1.29 is 22.7 Å². The molecule has 0 saturated carbocycles. The van der Waals surface area contributed by atoms with Gasteiger partial charge in [0.25, 0.3) is 0 Å². The molecule has 1 saturated heterocycles. The van der Waals surface area contributed by atoms with E-state index in [0.29, 0.717) is 38.2 Å². The van der Waals surface area contributed by atoms with Gasteiger partial charge in [0.05, 0.1) is 12.0 Å². The van der Waals surface area contributed by atoms with Gasteiger partial charge in [0.1, 0.15) is 11.8 Å². The maximum absolute atomic E-state index is 13.9. The highest BCUT2D eigenvalue weighted by Crippen LogP contribution is 2.22. The Balaban J connectivity index is 1.55. The normalized spacial score (nSPS) is 14.4.